The molecule has 2 aliphatic rings. The first-order chi connectivity index (χ1) is 20.5. The molecule has 1 fully saturated rings. The molecule has 0 aliphatic heterocycles. The summed E-state index contributed by atoms with van der Waals surface area (Å²) in [5.41, 5.74) is 15.9. The molecular weight excluding hydrogens is 516 g/mol. The molecule has 1 aromatic heterocycles. The molecule has 1 heterocycles. The van der Waals surface area contributed by atoms with Crippen LogP contribution in [0.4, 0.5) is 5.82 Å². The number of nitrogen functional groups attached to an aromatic ring is 1. The second-order valence-corrected chi connectivity index (χ2v) is 11.6. The van der Waals surface area contributed by atoms with Crippen molar-refractivity contribution in [2.24, 2.45) is 0 Å². The summed E-state index contributed by atoms with van der Waals surface area (Å²) in [5, 5.41) is 8.02. The molecule has 7 rings (SSSR count). The highest BCUT2D eigenvalue weighted by atomic mass is 16.1. The highest BCUT2D eigenvalue weighted by molar-refractivity contribution is 5.95. The number of hydrogen-bond donors (Lipinski definition) is 2. The van der Waals surface area contributed by atoms with Gasteiger partial charge in [-0.25, -0.2) is 4.68 Å². The van der Waals surface area contributed by atoms with Crippen LogP contribution in [0.2, 0.25) is 0 Å². The molecule has 0 saturated heterocycles. The van der Waals surface area contributed by atoms with E-state index in [0.29, 0.717) is 11.4 Å². The molecule has 0 spiro atoms. The van der Waals surface area contributed by atoms with Crippen molar-refractivity contribution in [2.45, 2.75) is 44.1 Å². The van der Waals surface area contributed by atoms with Gasteiger partial charge in [-0.3, -0.25) is 4.79 Å². The minimum atomic E-state index is -0.659. The lowest BCUT2D eigenvalue weighted by molar-refractivity contribution is 0.0951. The van der Waals surface area contributed by atoms with Gasteiger partial charge in [0.05, 0.1) is 17.3 Å². The zero-order chi connectivity index (χ0) is 28.8. The number of nitrogens with two attached hydrogens (primary N) is 1. The van der Waals surface area contributed by atoms with E-state index < -0.39 is 5.41 Å². The average molecular weight is 551 g/mol. The number of hydrogen-bond acceptors (Lipinski definition) is 3. The third-order valence-corrected chi connectivity index (χ3v) is 8.91. The average Bonchev–Trinajstić information content (AvgIpc) is 3.67. The quantitative estimate of drug-likeness (QED) is 0.225. The van der Waals surface area contributed by atoms with Crippen molar-refractivity contribution >= 4 is 17.3 Å². The van der Waals surface area contributed by atoms with Crippen LogP contribution >= 0.6 is 0 Å². The fourth-order valence-corrected chi connectivity index (χ4v) is 6.65. The van der Waals surface area contributed by atoms with Gasteiger partial charge < -0.3 is 11.1 Å². The number of allylic oxidation sites excluding steroid dienone is 2. The van der Waals surface area contributed by atoms with Gasteiger partial charge in [0, 0.05) is 23.1 Å². The van der Waals surface area contributed by atoms with E-state index in [1.807, 2.05) is 31.3 Å². The fraction of sp³-hybridized carbons (Fsp3) is 0.189. The number of carbonyl (C=O) groups excluding carboxylic acids is 1. The number of rotatable bonds is 7. The van der Waals surface area contributed by atoms with Crippen molar-refractivity contribution in [3.63, 3.8) is 0 Å². The van der Waals surface area contributed by atoms with Crippen LogP contribution in [-0.2, 0) is 5.41 Å². The van der Waals surface area contributed by atoms with Crippen LogP contribution in [0, 0.1) is 6.92 Å². The Balaban J connectivity index is 1.47. The van der Waals surface area contributed by atoms with Gasteiger partial charge in [-0.2, -0.15) is 5.10 Å². The van der Waals surface area contributed by atoms with Crippen LogP contribution in [0.5, 0.6) is 0 Å². The summed E-state index contributed by atoms with van der Waals surface area (Å²) >= 11 is 0. The Hall–Kier alpha value is -4.90. The number of aromatic nitrogens is 2. The molecular formula is C37H34N4O. The highest BCUT2D eigenvalue weighted by Gasteiger charge is 2.48. The minimum Gasteiger partial charge on any atom is -0.383 e. The smallest absolute Gasteiger partial charge is 0.251 e. The van der Waals surface area contributed by atoms with Crippen molar-refractivity contribution in [3.8, 4) is 5.69 Å². The predicted octanol–water partition coefficient (Wildman–Crippen LogP) is 7.19. The number of nitrogens with zero attached hydrogens (tertiary/aromatic N) is 2. The SMILES string of the molecule is CC1=CC(C(c2ccccc2)(c2ccccc2)c2cnn(-c3cc(C(=O)NC4CC4)ccc3C)c2N)c2ccccc21. The number of aryl methyl sites for hydroxylation is 1. The molecule has 5 heteroatoms. The minimum absolute atomic E-state index is 0.0183. The van der Waals surface area contributed by atoms with Crippen LogP contribution in [0.1, 0.15) is 69.4 Å². The molecule has 1 atom stereocenters. The molecule has 4 aromatic carbocycles. The van der Waals surface area contributed by atoms with Gasteiger partial charge >= 0.3 is 0 Å². The number of anilines is 1. The largest absolute Gasteiger partial charge is 0.383 e. The molecule has 3 N–H and O–H groups in total. The Labute approximate surface area is 246 Å². The van der Waals surface area contributed by atoms with Gasteiger partial charge in [0.15, 0.2) is 0 Å². The maximum Gasteiger partial charge on any atom is 0.251 e. The first-order valence-electron chi connectivity index (χ1n) is 14.6. The van der Waals surface area contributed by atoms with Gasteiger partial charge in [0.25, 0.3) is 5.91 Å². The van der Waals surface area contributed by atoms with E-state index in [4.69, 9.17) is 10.8 Å². The van der Waals surface area contributed by atoms with Gasteiger partial charge in [-0.15, -0.1) is 0 Å². The first-order valence-corrected chi connectivity index (χ1v) is 14.6. The van der Waals surface area contributed by atoms with Crippen LogP contribution in [0.3, 0.4) is 0 Å². The molecule has 2 aliphatic carbocycles. The van der Waals surface area contributed by atoms with Gasteiger partial charge in [-0.05, 0) is 72.2 Å². The third-order valence-electron chi connectivity index (χ3n) is 8.91. The lowest BCUT2D eigenvalue weighted by Crippen LogP contribution is -2.36. The summed E-state index contributed by atoms with van der Waals surface area (Å²) in [6, 6.07) is 36.0. The molecule has 0 radical (unpaired) electrons. The van der Waals surface area contributed by atoms with E-state index in [9.17, 15) is 4.79 Å². The van der Waals surface area contributed by atoms with Gasteiger partial charge in [-0.1, -0.05) is 97.1 Å². The normalized spacial score (nSPS) is 16.1. The fourth-order valence-electron chi connectivity index (χ4n) is 6.65. The second-order valence-electron chi connectivity index (χ2n) is 11.6. The number of fused-ring (bicyclic) bond motifs is 1. The zero-order valence-corrected chi connectivity index (χ0v) is 23.9. The van der Waals surface area contributed by atoms with Crippen molar-refractivity contribution < 1.29 is 4.79 Å². The van der Waals surface area contributed by atoms with Crippen LogP contribution in [-0.4, -0.2) is 21.7 Å². The Kier molecular flexibility index (Phi) is 6.31. The molecule has 208 valence electrons. The number of amides is 1. The lowest BCUT2D eigenvalue weighted by Gasteiger charge is -2.40. The summed E-state index contributed by atoms with van der Waals surface area (Å²) in [6.45, 7) is 4.22. The Morgan fingerprint density at radius 3 is 2.19 bits per heavy atom. The van der Waals surface area contributed by atoms with Crippen molar-refractivity contribution in [1.29, 1.82) is 0 Å². The maximum absolute atomic E-state index is 13.0. The Morgan fingerprint density at radius 1 is 0.881 bits per heavy atom. The molecule has 5 nitrogen and oxygen atoms in total. The molecule has 42 heavy (non-hydrogen) atoms. The third kappa shape index (κ3) is 4.16. The van der Waals surface area contributed by atoms with Crippen LogP contribution in [0.25, 0.3) is 11.3 Å². The van der Waals surface area contributed by atoms with Crippen LogP contribution in [0.15, 0.2) is 115 Å². The summed E-state index contributed by atoms with van der Waals surface area (Å²) in [5.74, 6) is 0.479. The molecule has 0 bridgehead atoms. The Bertz CT molecular complexity index is 1780. The van der Waals surface area contributed by atoms with E-state index in [-0.39, 0.29) is 17.9 Å². The lowest BCUT2D eigenvalue weighted by atomic mass is 9.61. The van der Waals surface area contributed by atoms with Crippen LogP contribution < -0.4 is 11.1 Å². The monoisotopic (exact) mass is 550 g/mol. The summed E-state index contributed by atoms with van der Waals surface area (Å²) in [7, 11) is 0. The van der Waals surface area contributed by atoms with E-state index in [0.717, 1.165) is 40.8 Å². The van der Waals surface area contributed by atoms with Gasteiger partial charge in [0.2, 0.25) is 0 Å². The first kappa shape index (κ1) is 26.0. The van der Waals surface area contributed by atoms with E-state index in [1.165, 1.54) is 16.7 Å². The second kappa shape index (κ2) is 10.2. The summed E-state index contributed by atoms with van der Waals surface area (Å²) in [4.78, 5) is 13.0. The topological polar surface area (TPSA) is 72.9 Å². The number of benzene rings is 4. The summed E-state index contributed by atoms with van der Waals surface area (Å²) < 4.78 is 1.80. The van der Waals surface area contributed by atoms with Crippen molar-refractivity contribution in [1.82, 2.24) is 15.1 Å². The highest BCUT2D eigenvalue weighted by Crippen LogP contribution is 2.56. The molecule has 1 unspecified atom stereocenters. The zero-order valence-electron chi connectivity index (χ0n) is 23.9. The standard InChI is InChI=1S/C37H34N4O/c1-24-17-18-26(36(42)40-29-19-20-29)22-34(24)41-35(38)33(23-39-41)37(27-11-5-3-6-12-27,28-13-7-4-8-14-28)32-21-25(2)30-15-9-10-16-31(30)32/h3-18,21-23,29,32H,19-20,38H2,1-2H3,(H,40,42). The van der Waals surface area contributed by atoms with E-state index in [2.05, 4.69) is 103 Å². The van der Waals surface area contributed by atoms with Gasteiger partial charge in [0.1, 0.15) is 5.82 Å². The summed E-state index contributed by atoms with van der Waals surface area (Å²) in [6.07, 6.45) is 6.39. The van der Waals surface area contributed by atoms with Crippen molar-refractivity contribution in [2.75, 3.05) is 5.73 Å². The van der Waals surface area contributed by atoms with E-state index >= 15 is 0 Å². The predicted molar refractivity (Wildman–Crippen MR) is 169 cm³/mol. The Morgan fingerprint density at radius 2 is 1.52 bits per heavy atom. The molecule has 1 amide bonds. The van der Waals surface area contributed by atoms with E-state index in [1.54, 1.807) is 4.68 Å². The van der Waals surface area contributed by atoms with Crippen molar-refractivity contribution in [3.05, 3.63) is 154 Å². The molecule has 5 aromatic rings. The number of carbonyl (C=O) groups is 1. The number of nitrogens with one attached hydrogen (secondary N) is 1. The maximum atomic E-state index is 13.0. The molecule has 1 saturated carbocycles.